The molecular formula is C8H5F3NO. The van der Waals surface area contributed by atoms with Gasteiger partial charge in [-0.3, -0.25) is 4.79 Å². The van der Waals surface area contributed by atoms with E-state index in [2.05, 4.69) is 6.07 Å². The lowest BCUT2D eigenvalue weighted by Crippen LogP contribution is -2.36. The third-order valence-electron chi connectivity index (χ3n) is 1.36. The van der Waals surface area contributed by atoms with Crippen LogP contribution in [0.25, 0.3) is 0 Å². The summed E-state index contributed by atoms with van der Waals surface area (Å²) in [5, 5.41) is 0. The van der Waals surface area contributed by atoms with Crippen LogP contribution in [0.4, 0.5) is 18.9 Å². The Morgan fingerprint density at radius 2 is 1.85 bits per heavy atom. The molecule has 0 saturated heterocycles. The van der Waals surface area contributed by atoms with Gasteiger partial charge in [0.1, 0.15) is 0 Å². The highest BCUT2D eigenvalue weighted by molar-refractivity contribution is 5.75. The van der Waals surface area contributed by atoms with E-state index in [4.69, 9.17) is 0 Å². The molecule has 0 aromatic heterocycles. The number of rotatable bonds is 2. The van der Waals surface area contributed by atoms with E-state index >= 15 is 0 Å². The predicted octanol–water partition coefficient (Wildman–Crippen LogP) is 1.97. The van der Waals surface area contributed by atoms with Crippen molar-refractivity contribution in [2.24, 2.45) is 0 Å². The van der Waals surface area contributed by atoms with E-state index in [9.17, 15) is 18.0 Å². The Labute approximate surface area is 72.6 Å². The van der Waals surface area contributed by atoms with Crippen molar-refractivity contribution in [2.45, 2.75) is 6.30 Å². The second-order valence-corrected chi connectivity index (χ2v) is 2.20. The van der Waals surface area contributed by atoms with E-state index < -0.39 is 6.30 Å². The van der Waals surface area contributed by atoms with Crippen molar-refractivity contribution in [3.05, 3.63) is 30.3 Å². The minimum atomic E-state index is -4.68. The van der Waals surface area contributed by atoms with Crippen LogP contribution in [0.2, 0.25) is 0 Å². The summed E-state index contributed by atoms with van der Waals surface area (Å²) >= 11 is 0. The average molecular weight is 188 g/mol. The molecule has 0 aliphatic carbocycles. The van der Waals surface area contributed by atoms with Crippen LogP contribution in [0.5, 0.6) is 0 Å². The van der Waals surface area contributed by atoms with Gasteiger partial charge in [0.2, 0.25) is 6.41 Å². The normalized spacial score (nSPS) is 11.0. The summed E-state index contributed by atoms with van der Waals surface area (Å²) in [4.78, 5) is 9.84. The van der Waals surface area contributed by atoms with Crippen LogP contribution < -0.4 is 4.90 Å². The predicted molar refractivity (Wildman–Crippen MR) is 39.9 cm³/mol. The second-order valence-electron chi connectivity index (χ2n) is 2.20. The topological polar surface area (TPSA) is 20.3 Å². The molecule has 0 N–H and O–H groups in total. The Balaban J connectivity index is 2.99. The molecule has 13 heavy (non-hydrogen) atoms. The Morgan fingerprint density at radius 1 is 1.31 bits per heavy atom. The zero-order valence-electron chi connectivity index (χ0n) is 6.38. The van der Waals surface area contributed by atoms with Gasteiger partial charge in [0.05, 0.1) is 5.69 Å². The zero-order chi connectivity index (χ0) is 9.90. The molecule has 0 fully saturated rings. The van der Waals surface area contributed by atoms with Crippen LogP contribution in [0.3, 0.4) is 0 Å². The number of halogens is 3. The van der Waals surface area contributed by atoms with Crippen molar-refractivity contribution in [1.82, 2.24) is 0 Å². The SMILES string of the molecule is O=CN(c1cc[c]cc1)C(F)(F)F. The third-order valence-corrected chi connectivity index (χ3v) is 1.36. The van der Waals surface area contributed by atoms with E-state index in [1.807, 2.05) is 0 Å². The fourth-order valence-corrected chi connectivity index (χ4v) is 0.806. The summed E-state index contributed by atoms with van der Waals surface area (Å²) in [6, 6.07) is 7.47. The lowest BCUT2D eigenvalue weighted by atomic mass is 10.3. The van der Waals surface area contributed by atoms with E-state index in [1.165, 1.54) is 12.1 Å². The fraction of sp³-hybridized carbons (Fsp3) is 0.125. The molecule has 0 aliphatic heterocycles. The molecule has 0 spiro atoms. The molecule has 69 valence electrons. The number of carbonyl (C=O) groups is 1. The highest BCUT2D eigenvalue weighted by Gasteiger charge is 2.37. The standard InChI is InChI=1S/C8H5F3NO/c9-8(10,11)12(6-13)7-4-2-1-3-5-7/h2-6H. The van der Waals surface area contributed by atoms with Crippen molar-refractivity contribution in [2.75, 3.05) is 4.90 Å². The molecule has 1 rings (SSSR count). The molecule has 0 aliphatic rings. The Bertz CT molecular complexity index is 283. The Hall–Kier alpha value is -1.52. The molecule has 0 bridgehead atoms. The van der Waals surface area contributed by atoms with Crippen molar-refractivity contribution < 1.29 is 18.0 Å². The van der Waals surface area contributed by atoms with Gasteiger partial charge in [0.25, 0.3) is 0 Å². The van der Waals surface area contributed by atoms with Crippen LogP contribution in [-0.2, 0) is 4.79 Å². The lowest BCUT2D eigenvalue weighted by Gasteiger charge is -2.19. The highest BCUT2D eigenvalue weighted by Crippen LogP contribution is 2.25. The second kappa shape index (κ2) is 3.47. The third kappa shape index (κ3) is 2.21. The van der Waals surface area contributed by atoms with Crippen LogP contribution in [0.15, 0.2) is 24.3 Å². The zero-order valence-corrected chi connectivity index (χ0v) is 6.38. The van der Waals surface area contributed by atoms with Gasteiger partial charge in [-0.15, -0.1) is 13.2 Å². The number of carbonyl (C=O) groups excluding carboxylic acids is 1. The number of benzene rings is 1. The molecule has 0 saturated carbocycles. The molecule has 5 heteroatoms. The number of alkyl halides is 3. The molecule has 1 amide bonds. The van der Waals surface area contributed by atoms with Gasteiger partial charge in [0, 0.05) is 0 Å². The number of anilines is 1. The summed E-state index contributed by atoms with van der Waals surface area (Å²) < 4.78 is 36.3. The lowest BCUT2D eigenvalue weighted by molar-refractivity contribution is -0.141. The Morgan fingerprint density at radius 3 is 2.23 bits per heavy atom. The summed E-state index contributed by atoms with van der Waals surface area (Å²) in [5.41, 5.74) is -0.221. The average Bonchev–Trinajstić information content (AvgIpc) is 2.05. The maximum Gasteiger partial charge on any atom is 0.491 e. The van der Waals surface area contributed by atoms with Gasteiger partial charge in [-0.25, -0.2) is 4.90 Å². The maximum absolute atomic E-state index is 12.1. The monoisotopic (exact) mass is 188 g/mol. The minimum absolute atomic E-state index is 0.221. The molecule has 0 heterocycles. The van der Waals surface area contributed by atoms with Gasteiger partial charge in [-0.2, -0.15) is 0 Å². The molecule has 1 aromatic rings. The van der Waals surface area contributed by atoms with Gasteiger partial charge in [0.15, 0.2) is 0 Å². The van der Waals surface area contributed by atoms with Crippen molar-refractivity contribution in [1.29, 1.82) is 0 Å². The van der Waals surface area contributed by atoms with Crippen LogP contribution in [0, 0.1) is 6.07 Å². The van der Waals surface area contributed by atoms with Crippen molar-refractivity contribution in [3.8, 4) is 0 Å². The van der Waals surface area contributed by atoms with Crippen molar-refractivity contribution >= 4 is 12.1 Å². The van der Waals surface area contributed by atoms with Gasteiger partial charge >= 0.3 is 6.30 Å². The first-order valence-corrected chi connectivity index (χ1v) is 3.33. The van der Waals surface area contributed by atoms with Crippen LogP contribution in [0.1, 0.15) is 0 Å². The summed E-state index contributed by atoms with van der Waals surface area (Å²) in [6.07, 6.45) is -4.95. The Kier molecular flexibility index (Phi) is 2.55. The quantitative estimate of drug-likeness (QED) is 0.513. The van der Waals surface area contributed by atoms with Crippen LogP contribution >= 0.6 is 0 Å². The maximum atomic E-state index is 12.1. The first kappa shape index (κ1) is 9.57. The van der Waals surface area contributed by atoms with E-state index in [-0.39, 0.29) is 17.0 Å². The summed E-state index contributed by atoms with van der Waals surface area (Å²) in [6.45, 7) is 0. The van der Waals surface area contributed by atoms with Crippen LogP contribution in [-0.4, -0.2) is 12.7 Å². The largest absolute Gasteiger partial charge is 0.491 e. The molecule has 2 nitrogen and oxygen atoms in total. The molecule has 0 atom stereocenters. The summed E-state index contributed by atoms with van der Waals surface area (Å²) in [5.74, 6) is 0. The van der Waals surface area contributed by atoms with Crippen molar-refractivity contribution in [3.63, 3.8) is 0 Å². The first-order chi connectivity index (χ1) is 6.05. The summed E-state index contributed by atoms with van der Waals surface area (Å²) in [7, 11) is 0. The minimum Gasteiger partial charge on any atom is -0.278 e. The van der Waals surface area contributed by atoms with E-state index in [1.54, 1.807) is 0 Å². The number of nitrogens with zero attached hydrogens (tertiary/aromatic N) is 1. The first-order valence-electron chi connectivity index (χ1n) is 3.33. The number of hydrogen-bond acceptors (Lipinski definition) is 1. The van der Waals surface area contributed by atoms with Gasteiger partial charge < -0.3 is 0 Å². The van der Waals surface area contributed by atoms with E-state index in [0.29, 0.717) is 0 Å². The number of hydrogen-bond donors (Lipinski definition) is 0. The number of amides is 1. The fourth-order valence-electron chi connectivity index (χ4n) is 0.806. The molecular weight excluding hydrogens is 183 g/mol. The smallest absolute Gasteiger partial charge is 0.278 e. The molecule has 1 radical (unpaired) electrons. The highest BCUT2D eigenvalue weighted by atomic mass is 19.4. The van der Waals surface area contributed by atoms with E-state index in [0.717, 1.165) is 12.1 Å². The van der Waals surface area contributed by atoms with Gasteiger partial charge in [-0.1, -0.05) is 12.1 Å². The molecule has 1 aromatic carbocycles. The van der Waals surface area contributed by atoms with Gasteiger partial charge in [-0.05, 0) is 18.2 Å². The molecule has 0 unspecified atom stereocenters.